The first kappa shape index (κ1) is 18.4. The third-order valence-corrected chi connectivity index (χ3v) is 5.42. The van der Waals surface area contributed by atoms with Crippen molar-refractivity contribution in [3.63, 3.8) is 0 Å². The van der Waals surface area contributed by atoms with Crippen molar-refractivity contribution in [1.29, 1.82) is 5.26 Å². The molecule has 136 valence electrons. The molecule has 0 saturated carbocycles. The SMILES string of the molecule is CCc1nc(C)c(C#N)c(SCc2nn3c(c2C(=O)OC)CCCC3)n1. The van der Waals surface area contributed by atoms with E-state index in [0.717, 1.165) is 31.5 Å². The molecule has 1 aliphatic heterocycles. The molecule has 8 heteroatoms. The number of nitriles is 1. The van der Waals surface area contributed by atoms with Crippen LogP contribution in [0.1, 0.15) is 58.6 Å². The van der Waals surface area contributed by atoms with E-state index in [2.05, 4.69) is 21.1 Å². The lowest BCUT2D eigenvalue weighted by Crippen LogP contribution is -2.14. The summed E-state index contributed by atoms with van der Waals surface area (Å²) >= 11 is 1.42. The predicted molar refractivity (Wildman–Crippen MR) is 96.9 cm³/mol. The molecule has 2 aromatic rings. The third kappa shape index (κ3) is 3.44. The van der Waals surface area contributed by atoms with Crippen molar-refractivity contribution in [1.82, 2.24) is 19.7 Å². The highest BCUT2D eigenvalue weighted by molar-refractivity contribution is 7.98. The number of carbonyl (C=O) groups excluding carboxylic acids is 1. The first-order valence-corrected chi connectivity index (χ1v) is 9.64. The summed E-state index contributed by atoms with van der Waals surface area (Å²) < 4.78 is 6.89. The van der Waals surface area contributed by atoms with Crippen molar-refractivity contribution >= 4 is 17.7 Å². The summed E-state index contributed by atoms with van der Waals surface area (Å²) in [5, 5.41) is 14.7. The number of carbonyl (C=O) groups is 1. The van der Waals surface area contributed by atoms with Gasteiger partial charge in [-0.2, -0.15) is 10.4 Å². The van der Waals surface area contributed by atoms with Gasteiger partial charge in [-0.3, -0.25) is 4.68 Å². The van der Waals surface area contributed by atoms with Crippen LogP contribution in [0.3, 0.4) is 0 Å². The quantitative estimate of drug-likeness (QED) is 0.453. The van der Waals surface area contributed by atoms with Crippen molar-refractivity contribution in [2.75, 3.05) is 7.11 Å². The number of ether oxygens (including phenoxy) is 1. The Kier molecular flexibility index (Phi) is 5.57. The number of rotatable bonds is 5. The van der Waals surface area contributed by atoms with Gasteiger partial charge in [-0.1, -0.05) is 18.7 Å². The molecule has 0 saturated heterocycles. The smallest absolute Gasteiger partial charge is 0.341 e. The lowest BCUT2D eigenvalue weighted by Gasteiger charge is -2.13. The maximum atomic E-state index is 12.3. The predicted octanol–water partition coefficient (Wildman–Crippen LogP) is 2.83. The van der Waals surface area contributed by atoms with Crippen molar-refractivity contribution in [2.45, 2.75) is 56.9 Å². The Morgan fingerprint density at radius 3 is 2.88 bits per heavy atom. The summed E-state index contributed by atoms with van der Waals surface area (Å²) in [5.74, 6) is 0.817. The van der Waals surface area contributed by atoms with Crippen LogP contribution < -0.4 is 0 Å². The van der Waals surface area contributed by atoms with E-state index in [1.54, 1.807) is 0 Å². The fourth-order valence-corrected chi connectivity index (χ4v) is 4.10. The normalized spacial score (nSPS) is 13.2. The summed E-state index contributed by atoms with van der Waals surface area (Å²) in [6.07, 6.45) is 3.64. The second kappa shape index (κ2) is 7.87. The Bertz CT molecular complexity index is 885. The van der Waals surface area contributed by atoms with Crippen molar-refractivity contribution < 1.29 is 9.53 Å². The standard InChI is InChI=1S/C18H21N5O2S/c1-4-15-20-11(2)12(9-19)17(21-15)26-10-13-16(18(24)25-3)14-7-5-6-8-23(14)22-13/h4-8,10H2,1-3H3. The molecule has 3 heterocycles. The Morgan fingerprint density at radius 2 is 2.19 bits per heavy atom. The molecule has 0 atom stereocenters. The molecule has 26 heavy (non-hydrogen) atoms. The number of hydrogen-bond donors (Lipinski definition) is 0. The molecule has 0 unspecified atom stereocenters. The number of fused-ring (bicyclic) bond motifs is 1. The Morgan fingerprint density at radius 1 is 1.38 bits per heavy atom. The molecule has 0 N–H and O–H groups in total. The molecule has 0 amide bonds. The molecule has 0 bridgehead atoms. The maximum absolute atomic E-state index is 12.3. The zero-order chi connectivity index (χ0) is 18.7. The fourth-order valence-electron chi connectivity index (χ4n) is 3.11. The number of aromatic nitrogens is 4. The molecule has 0 radical (unpaired) electrons. The number of aryl methyl sites for hydroxylation is 3. The van der Waals surface area contributed by atoms with Crippen LogP contribution in [0.25, 0.3) is 0 Å². The summed E-state index contributed by atoms with van der Waals surface area (Å²) in [6.45, 7) is 4.62. The van der Waals surface area contributed by atoms with E-state index in [1.165, 1.54) is 18.9 Å². The first-order chi connectivity index (χ1) is 12.6. The largest absolute Gasteiger partial charge is 0.465 e. The van der Waals surface area contributed by atoms with Crippen LogP contribution in [-0.4, -0.2) is 32.8 Å². The van der Waals surface area contributed by atoms with E-state index < -0.39 is 0 Å². The highest BCUT2D eigenvalue weighted by Crippen LogP contribution is 2.30. The third-order valence-electron chi connectivity index (χ3n) is 4.43. The van der Waals surface area contributed by atoms with Crippen molar-refractivity contribution in [3.05, 3.63) is 34.0 Å². The topological polar surface area (TPSA) is 93.7 Å². The van der Waals surface area contributed by atoms with Gasteiger partial charge in [0, 0.05) is 18.7 Å². The molecule has 7 nitrogen and oxygen atoms in total. The van der Waals surface area contributed by atoms with Crippen LogP contribution in [0.2, 0.25) is 0 Å². The number of methoxy groups -OCH3 is 1. The van der Waals surface area contributed by atoms with Crippen molar-refractivity contribution in [3.8, 4) is 6.07 Å². The zero-order valence-electron chi connectivity index (χ0n) is 15.2. The fraction of sp³-hybridized carbons (Fsp3) is 0.500. The Labute approximate surface area is 156 Å². The Balaban J connectivity index is 1.93. The molecule has 2 aromatic heterocycles. The molecular formula is C18H21N5O2S. The second-order valence-electron chi connectivity index (χ2n) is 6.10. The monoisotopic (exact) mass is 371 g/mol. The van der Waals surface area contributed by atoms with Crippen molar-refractivity contribution in [2.24, 2.45) is 0 Å². The van der Waals surface area contributed by atoms with Crippen LogP contribution in [-0.2, 0) is 29.9 Å². The van der Waals surface area contributed by atoms with Crippen LogP contribution >= 0.6 is 11.8 Å². The van der Waals surface area contributed by atoms with Gasteiger partial charge < -0.3 is 4.74 Å². The van der Waals surface area contributed by atoms with Crippen LogP contribution in [0, 0.1) is 18.3 Å². The highest BCUT2D eigenvalue weighted by atomic mass is 32.2. The summed E-state index contributed by atoms with van der Waals surface area (Å²) in [5.41, 5.74) is 3.37. The van der Waals surface area contributed by atoms with E-state index in [4.69, 9.17) is 4.74 Å². The van der Waals surface area contributed by atoms with E-state index in [1.807, 2.05) is 18.5 Å². The van der Waals surface area contributed by atoms with E-state index in [-0.39, 0.29) is 5.97 Å². The molecular weight excluding hydrogens is 350 g/mol. The summed E-state index contributed by atoms with van der Waals surface area (Å²) in [4.78, 5) is 21.1. The lowest BCUT2D eigenvalue weighted by atomic mass is 10.1. The second-order valence-corrected chi connectivity index (χ2v) is 7.06. The lowest BCUT2D eigenvalue weighted by molar-refractivity contribution is 0.0598. The summed E-state index contributed by atoms with van der Waals surface area (Å²) in [6, 6.07) is 2.19. The molecule has 0 fully saturated rings. The molecule has 1 aliphatic rings. The Hall–Kier alpha value is -2.40. The number of esters is 1. The molecule has 0 aliphatic carbocycles. The van der Waals surface area contributed by atoms with Crippen LogP contribution in [0.5, 0.6) is 0 Å². The van der Waals surface area contributed by atoms with E-state index >= 15 is 0 Å². The van der Waals surface area contributed by atoms with Crippen LogP contribution in [0.15, 0.2) is 5.03 Å². The minimum atomic E-state index is -0.350. The highest BCUT2D eigenvalue weighted by Gasteiger charge is 2.26. The number of nitrogens with zero attached hydrogens (tertiary/aromatic N) is 5. The van der Waals surface area contributed by atoms with E-state index in [0.29, 0.717) is 45.5 Å². The van der Waals surface area contributed by atoms with Crippen LogP contribution in [0.4, 0.5) is 0 Å². The van der Waals surface area contributed by atoms with Gasteiger partial charge in [0.15, 0.2) is 0 Å². The molecule has 0 aromatic carbocycles. The van der Waals surface area contributed by atoms with Gasteiger partial charge in [0.1, 0.15) is 28.0 Å². The van der Waals surface area contributed by atoms with Gasteiger partial charge in [0.05, 0.1) is 24.2 Å². The zero-order valence-corrected chi connectivity index (χ0v) is 16.0. The van der Waals surface area contributed by atoms with Gasteiger partial charge in [-0.15, -0.1) is 0 Å². The average molecular weight is 371 g/mol. The van der Waals surface area contributed by atoms with Gasteiger partial charge in [-0.25, -0.2) is 14.8 Å². The van der Waals surface area contributed by atoms with Gasteiger partial charge in [-0.05, 0) is 26.2 Å². The maximum Gasteiger partial charge on any atom is 0.341 e. The first-order valence-electron chi connectivity index (χ1n) is 8.66. The van der Waals surface area contributed by atoms with E-state index in [9.17, 15) is 10.1 Å². The summed E-state index contributed by atoms with van der Waals surface area (Å²) in [7, 11) is 1.39. The number of thioether (sulfide) groups is 1. The van der Waals surface area contributed by atoms with Gasteiger partial charge in [0.2, 0.25) is 0 Å². The molecule has 0 spiro atoms. The number of hydrogen-bond acceptors (Lipinski definition) is 7. The minimum absolute atomic E-state index is 0.350. The van der Waals surface area contributed by atoms with Gasteiger partial charge >= 0.3 is 5.97 Å². The minimum Gasteiger partial charge on any atom is -0.465 e. The average Bonchev–Trinajstić information content (AvgIpc) is 3.03. The van der Waals surface area contributed by atoms with Gasteiger partial charge in [0.25, 0.3) is 0 Å². The molecule has 3 rings (SSSR count).